The predicted octanol–water partition coefficient (Wildman–Crippen LogP) is 5.14. The third kappa shape index (κ3) is 3.05. The van der Waals surface area contributed by atoms with Crippen LogP contribution in [0.15, 0.2) is 61.2 Å². The maximum absolute atomic E-state index is 13.7. The molecule has 0 bridgehead atoms. The summed E-state index contributed by atoms with van der Waals surface area (Å²) in [6, 6.07) is 15.2. The number of benzene rings is 2. The van der Waals surface area contributed by atoms with Crippen LogP contribution < -0.4 is 4.90 Å². The molecule has 0 spiro atoms. The summed E-state index contributed by atoms with van der Waals surface area (Å²) in [5.74, 6) is -0.299. The lowest BCUT2D eigenvalue weighted by Gasteiger charge is -2.30. The molecular formula is C23H25NO3. The number of anilines is 1. The Balaban J connectivity index is 2.24. The van der Waals surface area contributed by atoms with Crippen molar-refractivity contribution in [1.29, 1.82) is 0 Å². The molecule has 1 atom stereocenters. The maximum Gasteiger partial charge on any atom is 0.421 e. The molecule has 0 saturated heterocycles. The number of nitrogens with zero attached hydrogens (tertiary/aromatic N) is 1. The van der Waals surface area contributed by atoms with Crippen LogP contribution in [0.5, 0.6) is 0 Å². The number of rotatable bonds is 3. The average Bonchev–Trinajstić information content (AvgIpc) is 2.84. The molecule has 4 heteroatoms. The number of ether oxygens (including phenoxy) is 1. The lowest BCUT2D eigenvalue weighted by atomic mass is 9.71. The van der Waals surface area contributed by atoms with E-state index in [1.165, 1.54) is 4.90 Å². The van der Waals surface area contributed by atoms with Gasteiger partial charge in [0.2, 0.25) is 0 Å². The number of carbonyl (C=O) groups is 2. The first-order chi connectivity index (χ1) is 12.7. The fourth-order valence-corrected chi connectivity index (χ4v) is 3.77. The van der Waals surface area contributed by atoms with Gasteiger partial charge < -0.3 is 4.74 Å². The molecule has 1 aliphatic heterocycles. The molecule has 1 aliphatic rings. The van der Waals surface area contributed by atoms with Crippen molar-refractivity contribution < 1.29 is 14.3 Å². The smallest absolute Gasteiger partial charge is 0.421 e. The van der Waals surface area contributed by atoms with Gasteiger partial charge in [0, 0.05) is 0 Å². The van der Waals surface area contributed by atoms with Gasteiger partial charge in [0.05, 0.1) is 5.69 Å². The fraction of sp³-hybridized carbons (Fsp3) is 0.304. The van der Waals surface area contributed by atoms with Crippen LogP contribution in [0.3, 0.4) is 0 Å². The van der Waals surface area contributed by atoms with Crippen LogP contribution in [-0.2, 0) is 14.9 Å². The second kappa shape index (κ2) is 6.69. The summed E-state index contributed by atoms with van der Waals surface area (Å²) in [5, 5.41) is 0. The van der Waals surface area contributed by atoms with Gasteiger partial charge in [-0.05, 0) is 56.9 Å². The van der Waals surface area contributed by atoms with Crippen molar-refractivity contribution in [2.75, 3.05) is 4.90 Å². The zero-order chi connectivity index (χ0) is 19.8. The van der Waals surface area contributed by atoms with Gasteiger partial charge in [-0.2, -0.15) is 0 Å². The van der Waals surface area contributed by atoms with Gasteiger partial charge in [-0.15, -0.1) is 6.58 Å². The number of imide groups is 1. The van der Waals surface area contributed by atoms with E-state index in [2.05, 4.69) is 6.58 Å². The molecule has 3 rings (SSSR count). The molecule has 4 nitrogen and oxygen atoms in total. The summed E-state index contributed by atoms with van der Waals surface area (Å²) in [4.78, 5) is 27.8. The van der Waals surface area contributed by atoms with Gasteiger partial charge in [-0.1, -0.05) is 48.5 Å². The Morgan fingerprint density at radius 2 is 1.70 bits per heavy atom. The van der Waals surface area contributed by atoms with Gasteiger partial charge >= 0.3 is 6.09 Å². The largest absolute Gasteiger partial charge is 0.443 e. The normalized spacial score (nSPS) is 19.0. The Hall–Kier alpha value is -2.88. The van der Waals surface area contributed by atoms with Crippen molar-refractivity contribution in [2.45, 2.75) is 45.1 Å². The summed E-state index contributed by atoms with van der Waals surface area (Å²) >= 11 is 0. The predicted molar refractivity (Wildman–Crippen MR) is 107 cm³/mol. The van der Waals surface area contributed by atoms with Crippen molar-refractivity contribution in [1.82, 2.24) is 0 Å². The molecule has 0 aliphatic carbocycles. The van der Waals surface area contributed by atoms with Crippen molar-refractivity contribution in [3.05, 3.63) is 77.9 Å². The molecule has 0 saturated carbocycles. The number of fused-ring (bicyclic) bond motifs is 1. The van der Waals surface area contributed by atoms with Crippen LogP contribution in [0.25, 0.3) is 0 Å². The highest BCUT2D eigenvalue weighted by Crippen LogP contribution is 2.49. The first-order valence-corrected chi connectivity index (χ1v) is 9.06. The number of hydrogen-bond donors (Lipinski definition) is 0. The molecular weight excluding hydrogens is 338 g/mol. The summed E-state index contributed by atoms with van der Waals surface area (Å²) < 4.78 is 5.53. The third-order valence-corrected chi connectivity index (χ3v) is 4.80. The van der Waals surface area contributed by atoms with Crippen molar-refractivity contribution >= 4 is 17.7 Å². The molecule has 140 valence electrons. The van der Waals surface area contributed by atoms with E-state index < -0.39 is 17.1 Å². The van der Waals surface area contributed by atoms with E-state index in [0.29, 0.717) is 12.1 Å². The maximum atomic E-state index is 13.7. The van der Waals surface area contributed by atoms with Gasteiger partial charge in [0.25, 0.3) is 5.91 Å². The van der Waals surface area contributed by atoms with E-state index in [9.17, 15) is 9.59 Å². The number of carbonyl (C=O) groups excluding carboxylic acids is 2. The number of amides is 2. The van der Waals surface area contributed by atoms with Crippen LogP contribution in [0, 0.1) is 6.92 Å². The molecule has 1 unspecified atom stereocenters. The zero-order valence-electron chi connectivity index (χ0n) is 16.3. The number of hydrogen-bond acceptors (Lipinski definition) is 3. The van der Waals surface area contributed by atoms with Crippen LogP contribution in [0.1, 0.15) is 43.9 Å². The highest BCUT2D eigenvalue weighted by molar-refractivity contribution is 6.22. The van der Waals surface area contributed by atoms with E-state index in [1.54, 1.807) is 32.9 Å². The Labute approximate surface area is 160 Å². The van der Waals surface area contributed by atoms with Crippen LogP contribution >= 0.6 is 0 Å². The highest BCUT2D eigenvalue weighted by Gasteiger charge is 2.54. The minimum Gasteiger partial charge on any atom is -0.443 e. The second-order valence-electron chi connectivity index (χ2n) is 7.85. The summed E-state index contributed by atoms with van der Waals surface area (Å²) in [7, 11) is 0. The van der Waals surface area contributed by atoms with Crippen LogP contribution in [-0.4, -0.2) is 17.6 Å². The fourth-order valence-electron chi connectivity index (χ4n) is 3.77. The minimum atomic E-state index is -0.986. The van der Waals surface area contributed by atoms with Crippen LogP contribution in [0.2, 0.25) is 0 Å². The lowest BCUT2D eigenvalue weighted by Crippen LogP contribution is -2.46. The van der Waals surface area contributed by atoms with Crippen molar-refractivity contribution in [3.8, 4) is 0 Å². The van der Waals surface area contributed by atoms with Crippen LogP contribution in [0.4, 0.5) is 10.5 Å². The van der Waals surface area contributed by atoms with E-state index in [4.69, 9.17) is 4.74 Å². The van der Waals surface area contributed by atoms with Gasteiger partial charge in [-0.25, -0.2) is 9.69 Å². The average molecular weight is 363 g/mol. The summed E-state index contributed by atoms with van der Waals surface area (Å²) in [5.41, 5.74) is 1.57. The lowest BCUT2D eigenvalue weighted by molar-refractivity contribution is -0.121. The van der Waals surface area contributed by atoms with E-state index in [-0.39, 0.29) is 5.91 Å². The molecule has 0 N–H and O–H groups in total. The minimum absolute atomic E-state index is 0.299. The van der Waals surface area contributed by atoms with Crippen molar-refractivity contribution in [3.63, 3.8) is 0 Å². The zero-order valence-corrected chi connectivity index (χ0v) is 16.3. The molecule has 2 aromatic rings. The second-order valence-corrected chi connectivity index (χ2v) is 7.85. The SMILES string of the molecule is C=CCC1(c2ccccc2C)C(=O)N(C(=O)OC(C)(C)C)c2ccccc21. The molecule has 27 heavy (non-hydrogen) atoms. The Morgan fingerprint density at radius 1 is 1.11 bits per heavy atom. The molecule has 0 aromatic heterocycles. The molecule has 0 radical (unpaired) electrons. The number of para-hydroxylation sites is 1. The van der Waals surface area contributed by atoms with E-state index >= 15 is 0 Å². The quantitative estimate of drug-likeness (QED) is 0.710. The Morgan fingerprint density at radius 3 is 2.30 bits per heavy atom. The van der Waals surface area contributed by atoms with Gasteiger partial charge in [0.1, 0.15) is 11.0 Å². The number of allylic oxidation sites excluding steroid dienone is 1. The van der Waals surface area contributed by atoms with Crippen molar-refractivity contribution in [2.24, 2.45) is 0 Å². The third-order valence-electron chi connectivity index (χ3n) is 4.80. The highest BCUT2D eigenvalue weighted by atomic mass is 16.6. The summed E-state index contributed by atoms with van der Waals surface area (Å²) in [6.45, 7) is 11.2. The summed E-state index contributed by atoms with van der Waals surface area (Å²) in [6.07, 6.45) is 1.48. The molecule has 2 aromatic carbocycles. The topological polar surface area (TPSA) is 46.6 Å². The Kier molecular flexibility index (Phi) is 4.68. The molecule has 1 heterocycles. The number of aryl methyl sites for hydroxylation is 1. The van der Waals surface area contributed by atoms with E-state index in [1.807, 2.05) is 49.4 Å². The van der Waals surface area contributed by atoms with Gasteiger partial charge in [0.15, 0.2) is 0 Å². The molecule has 0 fully saturated rings. The monoisotopic (exact) mass is 363 g/mol. The standard InChI is InChI=1S/C23H25NO3/c1-6-15-23(17-12-8-7-11-16(17)2)18-13-9-10-14-19(18)24(20(23)25)21(26)27-22(3,4)5/h6-14H,1,15H2,2-5H3. The van der Waals surface area contributed by atoms with Gasteiger partial charge in [-0.3, -0.25) is 4.79 Å². The first-order valence-electron chi connectivity index (χ1n) is 9.06. The van der Waals surface area contributed by atoms with E-state index in [0.717, 1.165) is 16.7 Å². The Bertz CT molecular complexity index is 910. The molecule has 2 amide bonds. The first kappa shape index (κ1) is 18.9.